The summed E-state index contributed by atoms with van der Waals surface area (Å²) in [4.78, 5) is 11.9. The molecule has 1 aliphatic carbocycles. The molecule has 1 fully saturated rings. The quantitative estimate of drug-likeness (QED) is 0.837. The van der Waals surface area contributed by atoms with Gasteiger partial charge in [0.05, 0.1) is 4.90 Å². The van der Waals surface area contributed by atoms with E-state index in [1.165, 1.54) is 0 Å². The first-order chi connectivity index (χ1) is 8.73. The van der Waals surface area contributed by atoms with Gasteiger partial charge in [-0.1, -0.05) is 32.9 Å². The molecule has 0 amide bonds. The molecule has 1 aromatic carbocycles. The molecule has 2 rings (SSSR count). The van der Waals surface area contributed by atoms with E-state index >= 15 is 0 Å². The molecule has 1 aromatic rings. The fraction of sp³-hybridized carbons (Fsp3) is 0.533. The van der Waals surface area contributed by atoms with Crippen molar-refractivity contribution in [3.63, 3.8) is 0 Å². The number of Topliss-reactive ketones (excluding diaryl/α,β-unsaturated/α-hetero) is 1. The van der Waals surface area contributed by atoms with E-state index in [-0.39, 0.29) is 16.1 Å². The molecule has 1 saturated carbocycles. The van der Waals surface area contributed by atoms with E-state index in [0.29, 0.717) is 19.3 Å². The molecule has 1 aliphatic rings. The van der Waals surface area contributed by atoms with E-state index in [1.807, 2.05) is 12.1 Å². The van der Waals surface area contributed by atoms with Crippen molar-refractivity contribution in [2.45, 2.75) is 55.6 Å². The van der Waals surface area contributed by atoms with Crippen LogP contribution < -0.4 is 0 Å². The Morgan fingerprint density at radius 2 is 1.68 bits per heavy atom. The normalized spacial score (nSPS) is 20.8. The summed E-state index contributed by atoms with van der Waals surface area (Å²) in [6, 6.07) is 6.93. The van der Waals surface area contributed by atoms with Crippen LogP contribution in [0.5, 0.6) is 0 Å². The van der Waals surface area contributed by atoms with Gasteiger partial charge in [-0.05, 0) is 36.0 Å². The molecule has 19 heavy (non-hydrogen) atoms. The maximum absolute atomic E-state index is 12.4. The molecular formula is C15H20O3S. The number of benzene rings is 1. The van der Waals surface area contributed by atoms with Gasteiger partial charge in [0.15, 0.2) is 15.6 Å². The van der Waals surface area contributed by atoms with Gasteiger partial charge in [0.25, 0.3) is 0 Å². The SMILES string of the molecule is CC(C)(C)c1ccc(S(=O)(=O)C2CCCC2=O)cc1. The summed E-state index contributed by atoms with van der Waals surface area (Å²) < 4.78 is 24.8. The van der Waals surface area contributed by atoms with Crippen LogP contribution in [-0.4, -0.2) is 19.5 Å². The molecule has 0 aromatic heterocycles. The van der Waals surface area contributed by atoms with Crippen molar-refractivity contribution in [2.24, 2.45) is 0 Å². The maximum Gasteiger partial charge on any atom is 0.188 e. The summed E-state index contributed by atoms with van der Waals surface area (Å²) in [6.07, 6.45) is 1.54. The van der Waals surface area contributed by atoms with Crippen molar-refractivity contribution >= 4 is 15.6 Å². The molecule has 1 atom stereocenters. The van der Waals surface area contributed by atoms with Crippen LogP contribution in [0, 0.1) is 0 Å². The Hall–Kier alpha value is -1.16. The third-order valence-electron chi connectivity index (χ3n) is 3.67. The molecule has 0 aliphatic heterocycles. The van der Waals surface area contributed by atoms with Crippen LogP contribution >= 0.6 is 0 Å². The van der Waals surface area contributed by atoms with Gasteiger partial charge in [0.1, 0.15) is 5.25 Å². The first kappa shape index (κ1) is 14.3. The Morgan fingerprint density at radius 3 is 2.11 bits per heavy atom. The lowest BCUT2D eigenvalue weighted by Crippen LogP contribution is -2.25. The second kappa shape index (κ2) is 4.75. The summed E-state index contributed by atoms with van der Waals surface area (Å²) in [5.74, 6) is -0.139. The Labute approximate surface area is 114 Å². The number of carbonyl (C=O) groups is 1. The van der Waals surface area contributed by atoms with Crippen LogP contribution in [0.2, 0.25) is 0 Å². The number of sulfone groups is 1. The zero-order valence-electron chi connectivity index (χ0n) is 11.6. The minimum atomic E-state index is -3.50. The van der Waals surface area contributed by atoms with Crippen LogP contribution in [-0.2, 0) is 20.0 Å². The lowest BCUT2D eigenvalue weighted by Gasteiger charge is -2.19. The van der Waals surface area contributed by atoms with E-state index in [1.54, 1.807) is 12.1 Å². The van der Waals surface area contributed by atoms with Crippen molar-refractivity contribution in [1.29, 1.82) is 0 Å². The molecular weight excluding hydrogens is 260 g/mol. The predicted octanol–water partition coefficient (Wildman–Crippen LogP) is 2.88. The average Bonchev–Trinajstić information content (AvgIpc) is 2.75. The first-order valence-corrected chi connectivity index (χ1v) is 8.15. The fourth-order valence-electron chi connectivity index (χ4n) is 2.42. The van der Waals surface area contributed by atoms with E-state index in [9.17, 15) is 13.2 Å². The molecule has 104 valence electrons. The monoisotopic (exact) mass is 280 g/mol. The summed E-state index contributed by atoms with van der Waals surface area (Å²) >= 11 is 0. The molecule has 0 radical (unpaired) electrons. The largest absolute Gasteiger partial charge is 0.298 e. The fourth-order valence-corrected chi connectivity index (χ4v) is 4.21. The number of carbonyl (C=O) groups excluding carboxylic acids is 1. The van der Waals surface area contributed by atoms with Crippen molar-refractivity contribution in [3.8, 4) is 0 Å². The smallest absolute Gasteiger partial charge is 0.188 e. The van der Waals surface area contributed by atoms with Gasteiger partial charge in [0.2, 0.25) is 0 Å². The summed E-state index contributed by atoms with van der Waals surface area (Å²) in [5, 5.41) is -0.826. The predicted molar refractivity (Wildman–Crippen MR) is 75.0 cm³/mol. The topological polar surface area (TPSA) is 51.2 Å². The van der Waals surface area contributed by atoms with Crippen molar-refractivity contribution in [1.82, 2.24) is 0 Å². The Morgan fingerprint density at radius 1 is 1.11 bits per heavy atom. The average molecular weight is 280 g/mol. The number of rotatable bonds is 2. The molecule has 0 spiro atoms. The van der Waals surface area contributed by atoms with E-state index < -0.39 is 15.1 Å². The number of hydrogen-bond acceptors (Lipinski definition) is 3. The lowest BCUT2D eigenvalue weighted by atomic mass is 9.87. The molecule has 1 unspecified atom stereocenters. The van der Waals surface area contributed by atoms with Gasteiger partial charge < -0.3 is 0 Å². The highest BCUT2D eigenvalue weighted by molar-refractivity contribution is 7.92. The lowest BCUT2D eigenvalue weighted by molar-refractivity contribution is -0.117. The molecule has 4 heteroatoms. The summed E-state index contributed by atoms with van der Waals surface area (Å²) in [5.41, 5.74) is 1.08. The minimum Gasteiger partial charge on any atom is -0.298 e. The van der Waals surface area contributed by atoms with Crippen LogP contribution in [0.15, 0.2) is 29.2 Å². The highest BCUT2D eigenvalue weighted by Gasteiger charge is 2.37. The van der Waals surface area contributed by atoms with Crippen LogP contribution in [0.25, 0.3) is 0 Å². The first-order valence-electron chi connectivity index (χ1n) is 6.60. The highest BCUT2D eigenvalue weighted by atomic mass is 32.2. The summed E-state index contributed by atoms with van der Waals surface area (Å²) in [6.45, 7) is 6.24. The van der Waals surface area contributed by atoms with Crippen molar-refractivity contribution < 1.29 is 13.2 Å². The van der Waals surface area contributed by atoms with Crippen molar-refractivity contribution in [3.05, 3.63) is 29.8 Å². The van der Waals surface area contributed by atoms with Gasteiger partial charge >= 0.3 is 0 Å². The van der Waals surface area contributed by atoms with Gasteiger partial charge in [0, 0.05) is 6.42 Å². The second-order valence-electron chi connectivity index (χ2n) is 6.17. The van der Waals surface area contributed by atoms with E-state index in [2.05, 4.69) is 20.8 Å². The van der Waals surface area contributed by atoms with Crippen LogP contribution in [0.1, 0.15) is 45.6 Å². The van der Waals surface area contributed by atoms with Crippen LogP contribution in [0.4, 0.5) is 0 Å². The molecule has 0 bridgehead atoms. The zero-order chi connectivity index (χ0) is 14.3. The van der Waals surface area contributed by atoms with E-state index in [0.717, 1.165) is 5.56 Å². The second-order valence-corrected chi connectivity index (χ2v) is 8.30. The minimum absolute atomic E-state index is 0.00846. The van der Waals surface area contributed by atoms with Gasteiger partial charge in [-0.25, -0.2) is 8.42 Å². The van der Waals surface area contributed by atoms with Gasteiger partial charge in [-0.15, -0.1) is 0 Å². The van der Waals surface area contributed by atoms with Crippen molar-refractivity contribution in [2.75, 3.05) is 0 Å². The van der Waals surface area contributed by atoms with Crippen LogP contribution in [0.3, 0.4) is 0 Å². The highest BCUT2D eigenvalue weighted by Crippen LogP contribution is 2.29. The zero-order valence-corrected chi connectivity index (χ0v) is 12.5. The third-order valence-corrected chi connectivity index (χ3v) is 5.85. The molecule has 3 nitrogen and oxygen atoms in total. The Kier molecular flexibility index (Phi) is 3.56. The summed E-state index contributed by atoms with van der Waals surface area (Å²) in [7, 11) is -3.50. The maximum atomic E-state index is 12.4. The van der Waals surface area contributed by atoms with Gasteiger partial charge in [-0.2, -0.15) is 0 Å². The standard InChI is InChI=1S/C15H20O3S/c1-15(2,3)11-7-9-12(10-8-11)19(17,18)14-6-4-5-13(14)16/h7-10,14H,4-6H2,1-3H3. The molecule has 0 N–H and O–H groups in total. The number of hydrogen-bond donors (Lipinski definition) is 0. The van der Waals surface area contributed by atoms with Gasteiger partial charge in [-0.3, -0.25) is 4.79 Å². The Balaban J connectivity index is 2.34. The third kappa shape index (κ3) is 2.73. The molecule has 0 saturated heterocycles. The van der Waals surface area contributed by atoms with E-state index in [4.69, 9.17) is 0 Å². The Bertz CT molecular complexity index is 577. The number of ketones is 1. The molecule has 0 heterocycles.